The molecule has 1 heterocycles. The fourth-order valence-corrected chi connectivity index (χ4v) is 4.25. The van der Waals surface area contributed by atoms with Crippen LogP contribution >= 0.6 is 0 Å². The van der Waals surface area contributed by atoms with E-state index in [1.165, 1.54) is 29.2 Å². The molecule has 29 heavy (non-hydrogen) atoms. The highest BCUT2D eigenvalue weighted by Crippen LogP contribution is 2.44. The largest absolute Gasteiger partial charge is 0.483 e. The van der Waals surface area contributed by atoms with Crippen LogP contribution in [0.3, 0.4) is 0 Å². The number of rotatable bonds is 5. The van der Waals surface area contributed by atoms with Crippen molar-refractivity contribution in [2.24, 2.45) is 17.8 Å². The van der Waals surface area contributed by atoms with Gasteiger partial charge < -0.3 is 4.74 Å². The van der Waals surface area contributed by atoms with Gasteiger partial charge in [0.05, 0.1) is 17.5 Å². The van der Waals surface area contributed by atoms with E-state index in [1.807, 2.05) is 0 Å². The number of hydrogen-bond donors (Lipinski definition) is 0. The van der Waals surface area contributed by atoms with E-state index in [-0.39, 0.29) is 36.0 Å². The van der Waals surface area contributed by atoms with Gasteiger partial charge >= 0.3 is 0 Å². The Balaban J connectivity index is 1.54. The lowest BCUT2D eigenvalue weighted by atomic mass is 9.76. The third-order valence-corrected chi connectivity index (χ3v) is 5.82. The standard InChI is InChI=1S/C23H22FNO4/c1-14-6-11-17-18(12-14)23(28)25(22(17)27)19-4-2-3-5-21(19)29-13-20(26)15-7-9-16(24)10-8-15/h2-5,7-10,14,17-18H,6,11-13H2,1H3/t14-,17+,18+/m0/s1. The van der Waals surface area contributed by atoms with Gasteiger partial charge in [0.25, 0.3) is 0 Å². The molecule has 0 unspecified atom stereocenters. The molecular weight excluding hydrogens is 373 g/mol. The molecule has 2 aromatic carbocycles. The van der Waals surface area contributed by atoms with Gasteiger partial charge in [-0.05, 0) is 61.6 Å². The molecule has 0 spiro atoms. The molecule has 2 aliphatic rings. The molecule has 150 valence electrons. The maximum atomic E-state index is 13.0. The lowest BCUT2D eigenvalue weighted by molar-refractivity contribution is -0.122. The first kappa shape index (κ1) is 19.3. The number of imide groups is 1. The molecule has 4 rings (SSSR count). The zero-order valence-corrected chi connectivity index (χ0v) is 16.1. The lowest BCUT2D eigenvalue weighted by Gasteiger charge is -2.25. The molecule has 0 aromatic heterocycles. The molecule has 6 heteroatoms. The van der Waals surface area contributed by atoms with Crippen LogP contribution in [-0.2, 0) is 9.59 Å². The van der Waals surface area contributed by atoms with Gasteiger partial charge in [0.2, 0.25) is 11.8 Å². The number of para-hydroxylation sites is 2. The number of carbonyl (C=O) groups is 3. The summed E-state index contributed by atoms with van der Waals surface area (Å²) >= 11 is 0. The van der Waals surface area contributed by atoms with Crippen molar-refractivity contribution in [3.8, 4) is 5.75 Å². The van der Waals surface area contributed by atoms with Crippen LogP contribution in [0.4, 0.5) is 10.1 Å². The third kappa shape index (κ3) is 3.67. The maximum Gasteiger partial charge on any atom is 0.237 e. The van der Waals surface area contributed by atoms with Crippen molar-refractivity contribution in [2.75, 3.05) is 11.5 Å². The topological polar surface area (TPSA) is 63.7 Å². The van der Waals surface area contributed by atoms with Crippen LogP contribution in [0.15, 0.2) is 48.5 Å². The number of hydrogen-bond acceptors (Lipinski definition) is 4. The van der Waals surface area contributed by atoms with Gasteiger partial charge in [0.1, 0.15) is 11.6 Å². The van der Waals surface area contributed by atoms with Crippen LogP contribution < -0.4 is 9.64 Å². The summed E-state index contributed by atoms with van der Waals surface area (Å²) < 4.78 is 18.7. The van der Waals surface area contributed by atoms with E-state index in [2.05, 4.69) is 6.92 Å². The van der Waals surface area contributed by atoms with Gasteiger partial charge in [0, 0.05) is 5.56 Å². The van der Waals surface area contributed by atoms with E-state index < -0.39 is 5.82 Å². The monoisotopic (exact) mass is 395 g/mol. The van der Waals surface area contributed by atoms with Gasteiger partial charge in [-0.1, -0.05) is 19.1 Å². The molecule has 0 bridgehead atoms. The minimum Gasteiger partial charge on any atom is -0.483 e. The Morgan fingerprint density at radius 1 is 1.03 bits per heavy atom. The van der Waals surface area contributed by atoms with Crippen LogP contribution in [0.1, 0.15) is 36.5 Å². The van der Waals surface area contributed by atoms with E-state index >= 15 is 0 Å². The zero-order chi connectivity index (χ0) is 20.5. The molecular formula is C23H22FNO4. The van der Waals surface area contributed by atoms with E-state index in [9.17, 15) is 18.8 Å². The average Bonchev–Trinajstić information content (AvgIpc) is 2.96. The molecule has 1 aliphatic carbocycles. The quantitative estimate of drug-likeness (QED) is 0.567. The number of fused-ring (bicyclic) bond motifs is 1. The summed E-state index contributed by atoms with van der Waals surface area (Å²) in [6.45, 7) is 1.83. The molecule has 5 nitrogen and oxygen atoms in total. The second-order valence-corrected chi connectivity index (χ2v) is 7.83. The number of anilines is 1. The number of nitrogens with zero attached hydrogens (tertiary/aromatic N) is 1. The molecule has 0 N–H and O–H groups in total. The second kappa shape index (κ2) is 7.78. The SMILES string of the molecule is C[C@H]1CC[C@H]2C(=O)N(c3ccccc3OCC(=O)c3ccc(F)cc3)C(=O)[C@@H]2C1. The van der Waals surface area contributed by atoms with Gasteiger partial charge in [-0.25, -0.2) is 9.29 Å². The van der Waals surface area contributed by atoms with Gasteiger partial charge in [-0.15, -0.1) is 0 Å². The fourth-order valence-electron chi connectivity index (χ4n) is 4.25. The van der Waals surface area contributed by atoms with Crippen LogP contribution in [0.5, 0.6) is 5.75 Å². The van der Waals surface area contributed by atoms with Crippen molar-refractivity contribution in [3.05, 3.63) is 59.9 Å². The number of halogens is 1. The minimum atomic E-state index is -0.422. The summed E-state index contributed by atoms with van der Waals surface area (Å²) in [6.07, 6.45) is 2.38. The number of Topliss-reactive ketones (excluding diaryl/α,β-unsaturated/α-hetero) is 1. The molecule has 1 saturated heterocycles. The highest BCUT2D eigenvalue weighted by Gasteiger charge is 2.50. The van der Waals surface area contributed by atoms with E-state index in [1.54, 1.807) is 24.3 Å². The van der Waals surface area contributed by atoms with E-state index in [0.717, 1.165) is 19.3 Å². The number of ketones is 1. The predicted octanol–water partition coefficient (Wildman–Crippen LogP) is 4.01. The van der Waals surface area contributed by atoms with Crippen molar-refractivity contribution in [3.63, 3.8) is 0 Å². The first-order valence-electron chi connectivity index (χ1n) is 9.84. The van der Waals surface area contributed by atoms with Crippen LogP contribution in [0.25, 0.3) is 0 Å². The Hall–Kier alpha value is -3.02. The Labute approximate surface area is 168 Å². The normalized spacial score (nSPS) is 23.8. The molecule has 2 amide bonds. The lowest BCUT2D eigenvalue weighted by Crippen LogP contribution is -2.31. The highest BCUT2D eigenvalue weighted by atomic mass is 19.1. The number of amides is 2. The molecule has 1 aliphatic heterocycles. The van der Waals surface area contributed by atoms with Gasteiger partial charge in [-0.2, -0.15) is 0 Å². The highest BCUT2D eigenvalue weighted by molar-refractivity contribution is 6.22. The predicted molar refractivity (Wildman–Crippen MR) is 105 cm³/mol. The molecule has 0 radical (unpaired) electrons. The van der Waals surface area contributed by atoms with Crippen molar-refractivity contribution >= 4 is 23.3 Å². The van der Waals surface area contributed by atoms with Crippen LogP contribution in [0, 0.1) is 23.6 Å². The number of benzene rings is 2. The molecule has 2 aromatic rings. The molecule has 1 saturated carbocycles. The second-order valence-electron chi connectivity index (χ2n) is 7.83. The number of ether oxygens (including phenoxy) is 1. The van der Waals surface area contributed by atoms with Gasteiger partial charge in [-0.3, -0.25) is 14.4 Å². The summed E-state index contributed by atoms with van der Waals surface area (Å²) in [6, 6.07) is 12.0. The summed E-state index contributed by atoms with van der Waals surface area (Å²) in [5.41, 5.74) is 0.702. The summed E-state index contributed by atoms with van der Waals surface area (Å²) in [4.78, 5) is 39.5. The number of carbonyl (C=O) groups excluding carboxylic acids is 3. The van der Waals surface area contributed by atoms with E-state index in [0.29, 0.717) is 22.9 Å². The van der Waals surface area contributed by atoms with Crippen LogP contribution in [-0.4, -0.2) is 24.2 Å². The molecule has 3 atom stereocenters. The Kier molecular flexibility index (Phi) is 5.18. The smallest absolute Gasteiger partial charge is 0.237 e. The first-order chi connectivity index (χ1) is 14.0. The fraction of sp³-hybridized carbons (Fsp3) is 0.348. The first-order valence-corrected chi connectivity index (χ1v) is 9.84. The molecule has 2 fully saturated rings. The van der Waals surface area contributed by atoms with Gasteiger partial charge in [0.15, 0.2) is 12.4 Å². The third-order valence-electron chi connectivity index (χ3n) is 5.82. The Bertz CT molecular complexity index is 956. The average molecular weight is 395 g/mol. The zero-order valence-electron chi connectivity index (χ0n) is 16.1. The van der Waals surface area contributed by atoms with Crippen molar-refractivity contribution in [2.45, 2.75) is 26.2 Å². The van der Waals surface area contributed by atoms with Crippen LogP contribution in [0.2, 0.25) is 0 Å². The van der Waals surface area contributed by atoms with Crippen molar-refractivity contribution in [1.82, 2.24) is 0 Å². The summed E-state index contributed by atoms with van der Waals surface area (Å²) in [5.74, 6) is -0.937. The summed E-state index contributed by atoms with van der Waals surface area (Å²) in [7, 11) is 0. The summed E-state index contributed by atoms with van der Waals surface area (Å²) in [5, 5.41) is 0. The minimum absolute atomic E-state index is 0.187. The Morgan fingerprint density at radius 2 is 1.72 bits per heavy atom. The van der Waals surface area contributed by atoms with E-state index in [4.69, 9.17) is 4.74 Å². The maximum absolute atomic E-state index is 13.0. The van der Waals surface area contributed by atoms with Crippen molar-refractivity contribution in [1.29, 1.82) is 0 Å². The van der Waals surface area contributed by atoms with Crippen molar-refractivity contribution < 1.29 is 23.5 Å². The Morgan fingerprint density at radius 3 is 2.48 bits per heavy atom.